The van der Waals surface area contributed by atoms with E-state index in [1.807, 2.05) is 31.0 Å². The molecule has 158 valence electrons. The molecule has 1 aliphatic rings. The Bertz CT molecular complexity index is 819. The maximum Gasteiger partial charge on any atom is 0.232 e. The number of benzene rings is 1. The van der Waals surface area contributed by atoms with Crippen molar-refractivity contribution in [3.05, 3.63) is 35.7 Å². The van der Waals surface area contributed by atoms with Gasteiger partial charge in [0.2, 0.25) is 11.8 Å². The minimum Gasteiger partial charge on any atom is -0.441 e. The Hall–Kier alpha value is -1.40. The van der Waals surface area contributed by atoms with E-state index in [1.54, 1.807) is 23.5 Å². The lowest BCUT2D eigenvalue weighted by atomic mass is 9.77. The molecule has 29 heavy (non-hydrogen) atoms. The highest BCUT2D eigenvalue weighted by Gasteiger charge is 2.31. The van der Waals surface area contributed by atoms with E-state index in [0.717, 1.165) is 23.4 Å². The zero-order valence-corrected chi connectivity index (χ0v) is 19.7. The van der Waals surface area contributed by atoms with Gasteiger partial charge in [0.05, 0.1) is 11.4 Å². The summed E-state index contributed by atoms with van der Waals surface area (Å²) < 4.78 is 5.87. The average Bonchev–Trinajstić information content (AvgIpc) is 3.10. The molecule has 1 amide bonds. The maximum absolute atomic E-state index is 12.7. The predicted octanol–water partition coefficient (Wildman–Crippen LogP) is 5.89. The molecule has 3 atom stereocenters. The van der Waals surface area contributed by atoms with Crippen molar-refractivity contribution in [2.24, 2.45) is 11.8 Å². The average molecular weight is 433 g/mol. The van der Waals surface area contributed by atoms with Crippen LogP contribution in [0, 0.1) is 18.8 Å². The molecule has 1 heterocycles. The third kappa shape index (κ3) is 5.40. The van der Waals surface area contributed by atoms with E-state index in [4.69, 9.17) is 4.42 Å². The summed E-state index contributed by atoms with van der Waals surface area (Å²) in [6, 6.07) is 8.61. The SMILES string of the molecule is CSc1ccc(-c2nc(CSCC(=O)N(C)C3CCCC(C)C3C)c(C)o2)cc1. The quantitative estimate of drug-likeness (QED) is 0.511. The molecule has 0 spiro atoms. The van der Waals surface area contributed by atoms with Gasteiger partial charge in [0.25, 0.3) is 0 Å². The Balaban J connectivity index is 1.54. The van der Waals surface area contributed by atoms with Gasteiger partial charge >= 0.3 is 0 Å². The second-order valence-electron chi connectivity index (χ2n) is 8.08. The normalized spacial score (nSPS) is 21.9. The van der Waals surface area contributed by atoms with Crippen LogP contribution in [0.2, 0.25) is 0 Å². The first-order valence-corrected chi connectivity index (χ1v) is 12.7. The minimum absolute atomic E-state index is 0.218. The number of thioether (sulfide) groups is 2. The fraction of sp³-hybridized carbons (Fsp3) is 0.565. The van der Waals surface area contributed by atoms with Gasteiger partial charge in [-0.3, -0.25) is 4.79 Å². The van der Waals surface area contributed by atoms with E-state index in [0.29, 0.717) is 35.3 Å². The summed E-state index contributed by atoms with van der Waals surface area (Å²) in [5.74, 6) is 4.14. The monoisotopic (exact) mass is 432 g/mol. The van der Waals surface area contributed by atoms with Crippen molar-refractivity contribution in [1.82, 2.24) is 9.88 Å². The van der Waals surface area contributed by atoms with E-state index >= 15 is 0 Å². The molecule has 1 saturated carbocycles. The van der Waals surface area contributed by atoms with Crippen LogP contribution in [0.1, 0.15) is 44.6 Å². The van der Waals surface area contributed by atoms with Crippen LogP contribution in [0.4, 0.5) is 0 Å². The fourth-order valence-corrected chi connectivity index (χ4v) is 5.39. The topological polar surface area (TPSA) is 46.3 Å². The maximum atomic E-state index is 12.7. The molecular formula is C23H32N2O2S2. The summed E-state index contributed by atoms with van der Waals surface area (Å²) in [5.41, 5.74) is 1.91. The number of aryl methyl sites for hydroxylation is 1. The number of amides is 1. The van der Waals surface area contributed by atoms with Gasteiger partial charge in [-0.05, 0) is 55.7 Å². The molecule has 0 radical (unpaired) electrons. The first-order valence-electron chi connectivity index (χ1n) is 10.3. The Labute approximate surface area is 183 Å². The van der Waals surface area contributed by atoms with Crippen molar-refractivity contribution in [1.29, 1.82) is 0 Å². The number of rotatable bonds is 7. The van der Waals surface area contributed by atoms with Crippen LogP contribution >= 0.6 is 23.5 Å². The summed E-state index contributed by atoms with van der Waals surface area (Å²) in [6.07, 6.45) is 5.69. The molecule has 1 aromatic carbocycles. The van der Waals surface area contributed by atoms with Gasteiger partial charge in [-0.25, -0.2) is 4.98 Å². The largest absolute Gasteiger partial charge is 0.441 e. The summed E-state index contributed by atoms with van der Waals surface area (Å²) in [5, 5.41) is 0. The zero-order chi connectivity index (χ0) is 21.0. The van der Waals surface area contributed by atoms with Crippen molar-refractivity contribution in [3.63, 3.8) is 0 Å². The molecule has 6 heteroatoms. The number of nitrogens with zero attached hydrogens (tertiary/aromatic N) is 2. The molecule has 0 saturated heterocycles. The lowest BCUT2D eigenvalue weighted by molar-refractivity contribution is -0.131. The third-order valence-corrected chi connectivity index (χ3v) is 7.92. The lowest BCUT2D eigenvalue weighted by Crippen LogP contribution is -2.45. The summed E-state index contributed by atoms with van der Waals surface area (Å²) in [6.45, 7) is 6.54. The second kappa shape index (κ2) is 10.1. The first kappa shape index (κ1) is 22.3. The van der Waals surface area contributed by atoms with Crippen molar-refractivity contribution in [2.75, 3.05) is 19.1 Å². The van der Waals surface area contributed by atoms with Crippen LogP contribution in [0.5, 0.6) is 0 Å². The van der Waals surface area contributed by atoms with Gasteiger partial charge in [-0.15, -0.1) is 23.5 Å². The third-order valence-electron chi connectivity index (χ3n) is 6.25. The molecule has 1 aromatic heterocycles. The van der Waals surface area contributed by atoms with E-state index in [9.17, 15) is 4.79 Å². The van der Waals surface area contributed by atoms with Crippen LogP contribution < -0.4 is 0 Å². The van der Waals surface area contributed by atoms with Gasteiger partial charge in [0.15, 0.2) is 0 Å². The Kier molecular flexibility index (Phi) is 7.74. The van der Waals surface area contributed by atoms with Crippen LogP contribution in [0.3, 0.4) is 0 Å². The Morgan fingerprint density at radius 1 is 1.24 bits per heavy atom. The van der Waals surface area contributed by atoms with Crippen molar-refractivity contribution in [2.45, 2.75) is 56.7 Å². The van der Waals surface area contributed by atoms with E-state index in [-0.39, 0.29) is 5.91 Å². The van der Waals surface area contributed by atoms with Gasteiger partial charge in [-0.2, -0.15) is 0 Å². The molecule has 3 rings (SSSR count). The molecule has 1 aliphatic carbocycles. The van der Waals surface area contributed by atoms with Crippen LogP contribution in [0.25, 0.3) is 11.5 Å². The van der Waals surface area contributed by atoms with Gasteiger partial charge in [0, 0.05) is 29.3 Å². The molecule has 0 aliphatic heterocycles. The van der Waals surface area contributed by atoms with Crippen LogP contribution in [-0.2, 0) is 10.5 Å². The van der Waals surface area contributed by atoms with E-state index in [2.05, 4.69) is 37.2 Å². The summed E-state index contributed by atoms with van der Waals surface area (Å²) >= 11 is 3.34. The standard InChI is InChI=1S/C23H32N2O2S2/c1-15-7-6-8-21(16(15)2)25(4)22(26)14-29-13-20-17(3)27-23(24-20)18-9-11-19(28-5)12-10-18/h9-12,15-16,21H,6-8,13-14H2,1-5H3. The first-order chi connectivity index (χ1) is 13.9. The molecule has 2 aromatic rings. The van der Waals surface area contributed by atoms with Crippen LogP contribution in [0.15, 0.2) is 33.6 Å². The van der Waals surface area contributed by atoms with Crippen molar-refractivity contribution < 1.29 is 9.21 Å². The Morgan fingerprint density at radius 2 is 1.97 bits per heavy atom. The summed E-state index contributed by atoms with van der Waals surface area (Å²) in [7, 11) is 1.97. The lowest BCUT2D eigenvalue weighted by Gasteiger charge is -2.39. The number of hydrogen-bond donors (Lipinski definition) is 0. The number of carbonyl (C=O) groups excluding carboxylic acids is 1. The Morgan fingerprint density at radius 3 is 2.66 bits per heavy atom. The molecular weight excluding hydrogens is 400 g/mol. The molecule has 0 bridgehead atoms. The second-order valence-corrected chi connectivity index (χ2v) is 9.95. The highest BCUT2D eigenvalue weighted by atomic mass is 32.2. The molecule has 4 nitrogen and oxygen atoms in total. The molecule has 0 N–H and O–H groups in total. The van der Waals surface area contributed by atoms with E-state index in [1.165, 1.54) is 17.7 Å². The number of carbonyl (C=O) groups is 1. The summed E-state index contributed by atoms with van der Waals surface area (Å²) in [4.78, 5) is 20.6. The molecule has 1 fully saturated rings. The predicted molar refractivity (Wildman–Crippen MR) is 123 cm³/mol. The smallest absolute Gasteiger partial charge is 0.232 e. The minimum atomic E-state index is 0.218. The highest BCUT2D eigenvalue weighted by molar-refractivity contribution is 7.99. The number of aromatic nitrogens is 1. The van der Waals surface area contributed by atoms with Gasteiger partial charge < -0.3 is 9.32 Å². The van der Waals surface area contributed by atoms with Gasteiger partial charge in [-0.1, -0.05) is 26.7 Å². The number of hydrogen-bond acceptors (Lipinski definition) is 5. The number of oxazole rings is 1. The van der Waals surface area contributed by atoms with Crippen LogP contribution in [-0.4, -0.2) is 40.9 Å². The highest BCUT2D eigenvalue weighted by Crippen LogP contribution is 2.33. The van der Waals surface area contributed by atoms with Gasteiger partial charge in [0.1, 0.15) is 5.76 Å². The van der Waals surface area contributed by atoms with Crippen molar-refractivity contribution >= 4 is 29.4 Å². The zero-order valence-electron chi connectivity index (χ0n) is 18.1. The van der Waals surface area contributed by atoms with Crippen molar-refractivity contribution in [3.8, 4) is 11.5 Å². The molecule has 3 unspecified atom stereocenters. The van der Waals surface area contributed by atoms with E-state index < -0.39 is 0 Å². The fourth-order valence-electron chi connectivity index (χ4n) is 4.04.